The van der Waals surface area contributed by atoms with Crippen LogP contribution in [0.1, 0.15) is 24.8 Å². The minimum atomic E-state index is 0.760. The molecule has 0 aliphatic carbocycles. The molecule has 0 spiro atoms. The molecule has 0 saturated carbocycles. The number of pyridine rings is 1. The van der Waals surface area contributed by atoms with Gasteiger partial charge in [0, 0.05) is 35.6 Å². The van der Waals surface area contributed by atoms with E-state index >= 15 is 0 Å². The van der Waals surface area contributed by atoms with E-state index < -0.39 is 0 Å². The van der Waals surface area contributed by atoms with Crippen LogP contribution in [0.15, 0.2) is 91.1 Å². The van der Waals surface area contributed by atoms with Crippen molar-refractivity contribution in [2.24, 2.45) is 0 Å². The molecule has 0 saturated heterocycles. The van der Waals surface area contributed by atoms with Gasteiger partial charge in [0.25, 0.3) is 0 Å². The van der Waals surface area contributed by atoms with E-state index in [1.807, 2.05) is 12.1 Å². The number of rotatable bonds is 8. The normalized spacial score (nSPS) is 11.0. The molecule has 0 fully saturated rings. The Morgan fingerprint density at radius 1 is 0.767 bits per heavy atom. The zero-order valence-corrected chi connectivity index (χ0v) is 18.2. The lowest BCUT2D eigenvalue weighted by molar-refractivity contribution is -0.671. The minimum Gasteiger partial charge on any atom is -0.340 e. The highest BCUT2D eigenvalue weighted by molar-refractivity contribution is 6.30. The van der Waals surface area contributed by atoms with E-state index in [1.165, 1.54) is 41.4 Å². The van der Waals surface area contributed by atoms with Crippen molar-refractivity contribution in [3.8, 4) is 0 Å². The highest BCUT2D eigenvalue weighted by atomic mass is 35.5. The van der Waals surface area contributed by atoms with Crippen LogP contribution < -0.4 is 9.47 Å². The largest absolute Gasteiger partial charge is 0.340 e. The molecule has 3 heteroatoms. The zero-order chi connectivity index (χ0) is 20.8. The molecule has 1 heterocycles. The molecule has 0 unspecified atom stereocenters. The summed E-state index contributed by atoms with van der Waals surface area (Å²) in [5.74, 6) is 0. The van der Waals surface area contributed by atoms with Crippen LogP contribution in [-0.4, -0.2) is 7.05 Å². The van der Waals surface area contributed by atoms with Gasteiger partial charge in [-0.15, -0.1) is 0 Å². The standard InChI is InChI=1S/C27H28ClN2/c1-29(25-17-15-24(28)16-18-25)26-20-23-13-7-8-14-27(23)30(21-26)19-9-3-6-12-22-10-4-2-5-11-22/h2,4-5,7-8,10-11,13-18,20-21H,3,6,9,12,19H2,1H3/q+1. The van der Waals surface area contributed by atoms with E-state index in [-0.39, 0.29) is 0 Å². The first-order chi connectivity index (χ1) is 14.7. The monoisotopic (exact) mass is 415 g/mol. The van der Waals surface area contributed by atoms with Crippen molar-refractivity contribution in [3.05, 3.63) is 102 Å². The molecule has 4 aromatic rings. The van der Waals surface area contributed by atoms with Gasteiger partial charge in [0.1, 0.15) is 12.2 Å². The van der Waals surface area contributed by atoms with Gasteiger partial charge in [0.2, 0.25) is 5.52 Å². The van der Waals surface area contributed by atoms with Gasteiger partial charge in [0.05, 0.1) is 0 Å². The summed E-state index contributed by atoms with van der Waals surface area (Å²) in [5.41, 5.74) is 5.03. The van der Waals surface area contributed by atoms with E-state index in [0.29, 0.717) is 0 Å². The lowest BCUT2D eigenvalue weighted by Crippen LogP contribution is -2.35. The third kappa shape index (κ3) is 5.01. The summed E-state index contributed by atoms with van der Waals surface area (Å²) in [5, 5.41) is 2.02. The summed E-state index contributed by atoms with van der Waals surface area (Å²) in [6.07, 6.45) is 7.07. The number of aromatic nitrogens is 1. The van der Waals surface area contributed by atoms with Crippen molar-refractivity contribution in [3.63, 3.8) is 0 Å². The molecule has 30 heavy (non-hydrogen) atoms. The van der Waals surface area contributed by atoms with Gasteiger partial charge in [0.15, 0.2) is 6.20 Å². The molecule has 3 aromatic carbocycles. The summed E-state index contributed by atoms with van der Waals surface area (Å²) >= 11 is 6.07. The summed E-state index contributed by atoms with van der Waals surface area (Å²) in [4.78, 5) is 2.22. The maximum Gasteiger partial charge on any atom is 0.212 e. The van der Waals surface area contributed by atoms with Crippen LogP contribution in [0.5, 0.6) is 0 Å². The van der Waals surface area contributed by atoms with Crippen molar-refractivity contribution in [2.75, 3.05) is 11.9 Å². The van der Waals surface area contributed by atoms with E-state index in [0.717, 1.165) is 23.7 Å². The molecule has 0 bridgehead atoms. The molecule has 0 amide bonds. The molecular weight excluding hydrogens is 388 g/mol. The quantitative estimate of drug-likeness (QED) is 0.223. The predicted molar refractivity (Wildman–Crippen MR) is 128 cm³/mol. The Balaban J connectivity index is 1.48. The van der Waals surface area contributed by atoms with Crippen molar-refractivity contribution in [2.45, 2.75) is 32.2 Å². The lowest BCUT2D eigenvalue weighted by Gasteiger charge is -2.19. The number of aryl methyl sites for hydroxylation is 2. The van der Waals surface area contributed by atoms with E-state index in [9.17, 15) is 0 Å². The van der Waals surface area contributed by atoms with Gasteiger partial charge < -0.3 is 4.90 Å². The van der Waals surface area contributed by atoms with Crippen molar-refractivity contribution >= 4 is 33.9 Å². The van der Waals surface area contributed by atoms with Gasteiger partial charge in [-0.1, -0.05) is 54.1 Å². The first kappa shape index (κ1) is 20.4. The number of hydrogen-bond acceptors (Lipinski definition) is 1. The SMILES string of the molecule is CN(c1ccc(Cl)cc1)c1cc2ccccc2[n+](CCCCCc2ccccc2)c1. The molecule has 0 radical (unpaired) electrons. The first-order valence-electron chi connectivity index (χ1n) is 10.7. The van der Waals surface area contributed by atoms with Crippen LogP contribution in [0.3, 0.4) is 0 Å². The van der Waals surface area contributed by atoms with Gasteiger partial charge in [-0.05, 0) is 61.2 Å². The topological polar surface area (TPSA) is 7.12 Å². The molecule has 1 aromatic heterocycles. The fourth-order valence-corrected chi connectivity index (χ4v) is 4.04. The van der Waals surface area contributed by atoms with Crippen molar-refractivity contribution < 1.29 is 4.57 Å². The van der Waals surface area contributed by atoms with Crippen LogP contribution >= 0.6 is 11.6 Å². The Labute approximate surface area is 184 Å². The van der Waals surface area contributed by atoms with Crippen molar-refractivity contribution in [1.29, 1.82) is 0 Å². The van der Waals surface area contributed by atoms with Crippen LogP contribution in [0, 0.1) is 0 Å². The van der Waals surface area contributed by atoms with Crippen LogP contribution in [0.2, 0.25) is 5.02 Å². The number of unbranched alkanes of at least 4 members (excludes halogenated alkanes) is 2. The Morgan fingerprint density at radius 3 is 2.30 bits per heavy atom. The highest BCUT2D eigenvalue weighted by Crippen LogP contribution is 2.26. The number of benzene rings is 3. The maximum absolute atomic E-state index is 6.07. The number of hydrogen-bond donors (Lipinski definition) is 0. The third-order valence-corrected chi connectivity index (χ3v) is 5.90. The van der Waals surface area contributed by atoms with E-state index in [4.69, 9.17) is 11.6 Å². The molecule has 0 N–H and O–H groups in total. The number of fused-ring (bicyclic) bond motifs is 1. The Morgan fingerprint density at radius 2 is 1.50 bits per heavy atom. The second-order valence-electron chi connectivity index (χ2n) is 7.78. The average Bonchev–Trinajstić information content (AvgIpc) is 2.79. The molecule has 152 valence electrons. The maximum atomic E-state index is 6.07. The predicted octanol–water partition coefficient (Wildman–Crippen LogP) is 6.96. The highest BCUT2D eigenvalue weighted by Gasteiger charge is 2.14. The van der Waals surface area contributed by atoms with E-state index in [2.05, 4.69) is 95.5 Å². The summed E-state index contributed by atoms with van der Waals surface area (Å²) in [6.45, 7) is 1.03. The molecular formula is C27H28ClN2+. The van der Waals surface area contributed by atoms with Crippen LogP contribution in [-0.2, 0) is 13.0 Å². The lowest BCUT2D eigenvalue weighted by atomic mass is 10.1. The fraction of sp³-hybridized carbons (Fsp3) is 0.222. The second kappa shape index (κ2) is 9.77. The van der Waals surface area contributed by atoms with Gasteiger partial charge >= 0.3 is 0 Å². The Hall–Kier alpha value is -2.84. The number of nitrogens with zero attached hydrogens (tertiary/aromatic N) is 2. The third-order valence-electron chi connectivity index (χ3n) is 5.65. The molecule has 0 aliphatic rings. The van der Waals surface area contributed by atoms with Gasteiger partial charge in [-0.3, -0.25) is 0 Å². The number of anilines is 2. The molecule has 0 atom stereocenters. The zero-order valence-electron chi connectivity index (χ0n) is 17.5. The van der Waals surface area contributed by atoms with Gasteiger partial charge in [-0.2, -0.15) is 4.57 Å². The Kier molecular flexibility index (Phi) is 6.66. The molecule has 2 nitrogen and oxygen atoms in total. The van der Waals surface area contributed by atoms with Gasteiger partial charge in [-0.25, -0.2) is 0 Å². The summed E-state index contributed by atoms with van der Waals surface area (Å²) in [6, 6.07) is 29.7. The fourth-order valence-electron chi connectivity index (χ4n) is 3.91. The summed E-state index contributed by atoms with van der Waals surface area (Å²) < 4.78 is 2.40. The summed E-state index contributed by atoms with van der Waals surface area (Å²) in [7, 11) is 2.11. The molecule has 4 rings (SSSR count). The minimum absolute atomic E-state index is 0.760. The molecule has 0 aliphatic heterocycles. The number of para-hydroxylation sites is 1. The smallest absolute Gasteiger partial charge is 0.212 e. The average molecular weight is 416 g/mol. The Bertz CT molecular complexity index is 1090. The van der Waals surface area contributed by atoms with Crippen LogP contribution in [0.25, 0.3) is 10.9 Å². The van der Waals surface area contributed by atoms with Crippen LogP contribution in [0.4, 0.5) is 11.4 Å². The first-order valence-corrected chi connectivity index (χ1v) is 11.0. The number of halogens is 1. The van der Waals surface area contributed by atoms with E-state index in [1.54, 1.807) is 0 Å². The second-order valence-corrected chi connectivity index (χ2v) is 8.22. The van der Waals surface area contributed by atoms with Crippen molar-refractivity contribution in [1.82, 2.24) is 0 Å².